The average Bonchev–Trinajstić information content (AvgIpc) is 2.96. The molecule has 0 fully saturated rings. The average molecular weight is 317 g/mol. The summed E-state index contributed by atoms with van der Waals surface area (Å²) < 4.78 is 1.95. The van der Waals surface area contributed by atoms with Crippen molar-refractivity contribution in [1.29, 1.82) is 0 Å². The van der Waals surface area contributed by atoms with E-state index in [0.29, 0.717) is 6.42 Å². The number of phenolic OH excluding ortho intramolecular Hbond substituents is 2. The molecule has 0 radical (unpaired) electrons. The largest absolute Gasteiger partial charge is 0.508 e. The van der Waals surface area contributed by atoms with E-state index in [-0.39, 0.29) is 11.5 Å². The van der Waals surface area contributed by atoms with Crippen molar-refractivity contribution in [3.63, 3.8) is 0 Å². The van der Waals surface area contributed by atoms with Gasteiger partial charge in [-0.1, -0.05) is 18.2 Å². The Morgan fingerprint density at radius 1 is 0.875 bits per heavy atom. The molecule has 0 bridgehead atoms. The van der Waals surface area contributed by atoms with Gasteiger partial charge in [-0.05, 0) is 42.5 Å². The lowest BCUT2D eigenvalue weighted by Crippen LogP contribution is -2.03. The molecule has 118 valence electrons. The lowest BCUT2D eigenvalue weighted by molar-refractivity contribution is 0.469. The summed E-state index contributed by atoms with van der Waals surface area (Å²) >= 11 is 0. The topological polar surface area (TPSA) is 71.2 Å². The lowest BCUT2D eigenvalue weighted by atomic mass is 10.1. The number of imidazole rings is 1. The Labute approximate surface area is 138 Å². The van der Waals surface area contributed by atoms with Gasteiger partial charge in [0.2, 0.25) is 0 Å². The van der Waals surface area contributed by atoms with Gasteiger partial charge in [0.25, 0.3) is 0 Å². The van der Waals surface area contributed by atoms with E-state index in [2.05, 4.69) is 9.97 Å². The van der Waals surface area contributed by atoms with E-state index in [9.17, 15) is 10.2 Å². The number of benzene rings is 2. The zero-order chi connectivity index (χ0) is 16.5. The number of phenols is 2. The molecule has 4 rings (SSSR count). The molecular weight excluding hydrogens is 302 g/mol. The van der Waals surface area contributed by atoms with Crippen molar-refractivity contribution in [2.24, 2.45) is 0 Å². The number of aromatic hydroxyl groups is 2. The van der Waals surface area contributed by atoms with Crippen molar-refractivity contribution in [3.8, 4) is 17.2 Å². The summed E-state index contributed by atoms with van der Waals surface area (Å²) in [5.41, 5.74) is 3.19. The molecule has 0 amide bonds. The van der Waals surface area contributed by atoms with Crippen LogP contribution >= 0.6 is 0 Å². The molecule has 0 aliphatic heterocycles. The van der Waals surface area contributed by atoms with Crippen molar-refractivity contribution < 1.29 is 10.2 Å². The first kappa shape index (κ1) is 14.3. The molecule has 2 aromatic carbocycles. The molecule has 0 atom stereocenters. The Bertz CT molecular complexity index is 1010. The van der Waals surface area contributed by atoms with Gasteiger partial charge in [0.15, 0.2) is 5.65 Å². The first-order chi connectivity index (χ1) is 11.7. The van der Waals surface area contributed by atoms with E-state index >= 15 is 0 Å². The van der Waals surface area contributed by atoms with Crippen LogP contribution in [0.2, 0.25) is 0 Å². The highest BCUT2D eigenvalue weighted by Crippen LogP contribution is 2.25. The maximum absolute atomic E-state index is 10.1. The molecule has 0 saturated heterocycles. The van der Waals surface area contributed by atoms with E-state index in [1.165, 1.54) is 0 Å². The van der Waals surface area contributed by atoms with E-state index in [0.717, 1.165) is 28.2 Å². The van der Waals surface area contributed by atoms with Crippen LogP contribution in [0.3, 0.4) is 0 Å². The van der Waals surface area contributed by atoms with Crippen LogP contribution in [0, 0.1) is 0 Å². The molecule has 2 N–H and O–H groups in total. The van der Waals surface area contributed by atoms with Crippen LogP contribution in [0.25, 0.3) is 16.9 Å². The molecule has 0 aliphatic rings. The highest BCUT2D eigenvalue weighted by molar-refractivity contribution is 5.74. The molecular formula is C19H15N3O2. The van der Waals surface area contributed by atoms with E-state index in [1.807, 2.05) is 41.0 Å². The summed E-state index contributed by atoms with van der Waals surface area (Å²) in [6, 6.07) is 17.9. The van der Waals surface area contributed by atoms with Crippen LogP contribution in [-0.4, -0.2) is 24.7 Å². The van der Waals surface area contributed by atoms with Crippen molar-refractivity contribution in [1.82, 2.24) is 14.5 Å². The number of aromatic nitrogens is 3. The Morgan fingerprint density at radius 2 is 1.67 bits per heavy atom. The van der Waals surface area contributed by atoms with Crippen LogP contribution in [0.15, 0.2) is 66.9 Å². The van der Waals surface area contributed by atoms with E-state index < -0.39 is 0 Å². The second-order valence-corrected chi connectivity index (χ2v) is 5.53. The molecule has 0 unspecified atom stereocenters. The van der Waals surface area contributed by atoms with Crippen molar-refractivity contribution in [2.75, 3.05) is 0 Å². The predicted octanol–water partition coefficient (Wildman–Crippen LogP) is 3.42. The molecule has 0 saturated carbocycles. The maximum Gasteiger partial charge on any atom is 0.164 e. The summed E-state index contributed by atoms with van der Waals surface area (Å²) in [5, 5.41) is 19.6. The van der Waals surface area contributed by atoms with Crippen LogP contribution in [0.1, 0.15) is 11.4 Å². The summed E-state index contributed by atoms with van der Waals surface area (Å²) in [4.78, 5) is 9.11. The van der Waals surface area contributed by atoms with Crippen LogP contribution in [-0.2, 0) is 6.42 Å². The minimum Gasteiger partial charge on any atom is -0.508 e. The van der Waals surface area contributed by atoms with Crippen LogP contribution in [0.4, 0.5) is 0 Å². The number of rotatable bonds is 3. The van der Waals surface area contributed by atoms with Gasteiger partial charge in [-0.2, -0.15) is 0 Å². The Balaban J connectivity index is 1.90. The SMILES string of the molecule is Oc1ccc(-n2c(Cc3ccccc3O)nc3cccnc32)cc1. The monoisotopic (exact) mass is 317 g/mol. The number of hydrogen-bond acceptors (Lipinski definition) is 4. The smallest absolute Gasteiger partial charge is 0.164 e. The van der Waals surface area contributed by atoms with Gasteiger partial charge >= 0.3 is 0 Å². The zero-order valence-electron chi connectivity index (χ0n) is 12.8. The van der Waals surface area contributed by atoms with Gasteiger partial charge < -0.3 is 10.2 Å². The number of para-hydroxylation sites is 1. The van der Waals surface area contributed by atoms with E-state index in [4.69, 9.17) is 0 Å². The van der Waals surface area contributed by atoms with Gasteiger partial charge in [0, 0.05) is 23.9 Å². The molecule has 4 aromatic rings. The Kier molecular flexibility index (Phi) is 3.39. The number of hydrogen-bond donors (Lipinski definition) is 2. The van der Waals surface area contributed by atoms with Gasteiger partial charge in [0.1, 0.15) is 22.8 Å². The number of pyridine rings is 1. The highest BCUT2D eigenvalue weighted by atomic mass is 16.3. The molecule has 24 heavy (non-hydrogen) atoms. The van der Waals surface area contributed by atoms with Crippen molar-refractivity contribution >= 4 is 11.2 Å². The molecule has 2 heterocycles. The Morgan fingerprint density at radius 3 is 2.46 bits per heavy atom. The van der Waals surface area contributed by atoms with Gasteiger partial charge in [-0.25, -0.2) is 9.97 Å². The predicted molar refractivity (Wildman–Crippen MR) is 91.4 cm³/mol. The fourth-order valence-corrected chi connectivity index (χ4v) is 2.78. The zero-order valence-corrected chi connectivity index (χ0v) is 12.8. The minimum atomic E-state index is 0.207. The standard InChI is InChI=1S/C19H15N3O2/c23-15-9-7-14(8-10-15)22-18(12-13-4-1-2-6-17(13)24)21-16-5-3-11-20-19(16)22/h1-11,23-24H,12H2. The first-order valence-electron chi connectivity index (χ1n) is 7.61. The third-order valence-corrected chi connectivity index (χ3v) is 3.93. The van der Waals surface area contributed by atoms with Crippen molar-refractivity contribution in [2.45, 2.75) is 6.42 Å². The third kappa shape index (κ3) is 2.46. The third-order valence-electron chi connectivity index (χ3n) is 3.93. The second-order valence-electron chi connectivity index (χ2n) is 5.53. The lowest BCUT2D eigenvalue weighted by Gasteiger charge is -2.10. The van der Waals surface area contributed by atoms with Gasteiger partial charge in [0.05, 0.1) is 0 Å². The quantitative estimate of drug-likeness (QED) is 0.607. The second kappa shape index (κ2) is 5.70. The summed E-state index contributed by atoms with van der Waals surface area (Å²) in [7, 11) is 0. The summed E-state index contributed by atoms with van der Waals surface area (Å²) in [6.45, 7) is 0. The molecule has 5 nitrogen and oxygen atoms in total. The van der Waals surface area contributed by atoms with E-state index in [1.54, 1.807) is 30.5 Å². The number of nitrogens with zero attached hydrogens (tertiary/aromatic N) is 3. The number of fused-ring (bicyclic) bond motifs is 1. The molecule has 2 aromatic heterocycles. The molecule has 0 aliphatic carbocycles. The highest BCUT2D eigenvalue weighted by Gasteiger charge is 2.15. The fourth-order valence-electron chi connectivity index (χ4n) is 2.78. The van der Waals surface area contributed by atoms with Gasteiger partial charge in [-0.3, -0.25) is 4.57 Å². The summed E-state index contributed by atoms with van der Waals surface area (Å²) in [5.74, 6) is 1.23. The van der Waals surface area contributed by atoms with Crippen molar-refractivity contribution in [3.05, 3.63) is 78.2 Å². The molecule has 0 spiro atoms. The molecule has 5 heteroatoms. The summed E-state index contributed by atoms with van der Waals surface area (Å²) in [6.07, 6.45) is 2.20. The van der Waals surface area contributed by atoms with Crippen LogP contribution < -0.4 is 0 Å². The fraction of sp³-hybridized carbons (Fsp3) is 0.0526. The van der Waals surface area contributed by atoms with Crippen LogP contribution in [0.5, 0.6) is 11.5 Å². The maximum atomic E-state index is 10.1. The minimum absolute atomic E-state index is 0.207. The Hall–Kier alpha value is -3.34. The normalized spacial score (nSPS) is 11.0. The van der Waals surface area contributed by atoms with Gasteiger partial charge in [-0.15, -0.1) is 0 Å². The first-order valence-corrected chi connectivity index (χ1v) is 7.61.